The standard InChI is InChI=1S/C16H46O5Si6/c1-15-26(17-22(3,4)5,18-23(6,7)8)21-27(16-2,19-24(9,10)11)20-25(12,13)14/h15-16H2,1-14H3. The van der Waals surface area contributed by atoms with Crippen molar-refractivity contribution in [2.24, 2.45) is 0 Å². The van der Waals surface area contributed by atoms with Gasteiger partial charge in [-0.05, 0) is 78.6 Å². The fourth-order valence-electron chi connectivity index (χ4n) is 2.66. The molecule has 27 heavy (non-hydrogen) atoms. The minimum atomic E-state index is -2.92. The first kappa shape index (κ1) is 28.1. The number of hydrogen-bond acceptors (Lipinski definition) is 5. The molecule has 0 aromatic heterocycles. The molecule has 5 nitrogen and oxygen atoms in total. The van der Waals surface area contributed by atoms with Crippen molar-refractivity contribution in [3.8, 4) is 0 Å². The highest BCUT2D eigenvalue weighted by atomic mass is 28.5. The highest BCUT2D eigenvalue weighted by Gasteiger charge is 2.57. The third-order valence-electron chi connectivity index (χ3n) is 3.02. The zero-order chi connectivity index (χ0) is 21.9. The normalized spacial score (nSPS) is 15.3. The monoisotopic (exact) mass is 486 g/mol. The van der Waals surface area contributed by atoms with E-state index in [4.69, 9.17) is 20.6 Å². The first-order chi connectivity index (χ1) is 11.7. The molecule has 0 N–H and O–H groups in total. The van der Waals surface area contributed by atoms with Gasteiger partial charge in [0.2, 0.25) is 0 Å². The van der Waals surface area contributed by atoms with Gasteiger partial charge in [0.05, 0.1) is 0 Å². The summed E-state index contributed by atoms with van der Waals surface area (Å²) in [6.45, 7) is 30.7. The molecule has 0 spiro atoms. The molecule has 0 aliphatic rings. The average molecular weight is 487 g/mol. The van der Waals surface area contributed by atoms with Crippen molar-refractivity contribution < 1.29 is 20.6 Å². The summed E-state index contributed by atoms with van der Waals surface area (Å²) in [4.78, 5) is 0. The summed E-state index contributed by atoms with van der Waals surface area (Å²) >= 11 is 0. The quantitative estimate of drug-likeness (QED) is 0.302. The Balaban J connectivity index is 6.22. The van der Waals surface area contributed by atoms with Crippen LogP contribution < -0.4 is 0 Å². The molecule has 164 valence electrons. The van der Waals surface area contributed by atoms with E-state index in [1.807, 2.05) is 0 Å². The Morgan fingerprint density at radius 2 is 0.556 bits per heavy atom. The van der Waals surface area contributed by atoms with E-state index in [0.29, 0.717) is 0 Å². The van der Waals surface area contributed by atoms with Crippen molar-refractivity contribution in [3.63, 3.8) is 0 Å². The molecule has 11 heteroatoms. The second-order valence-corrected chi connectivity index (χ2v) is 36.2. The number of rotatable bonds is 12. The van der Waals surface area contributed by atoms with Gasteiger partial charge in [-0.15, -0.1) is 0 Å². The van der Waals surface area contributed by atoms with E-state index in [1.54, 1.807) is 0 Å². The van der Waals surface area contributed by atoms with Crippen LogP contribution in [0.1, 0.15) is 13.8 Å². The topological polar surface area (TPSA) is 46.2 Å². The molecule has 0 saturated carbocycles. The van der Waals surface area contributed by atoms with E-state index in [-0.39, 0.29) is 0 Å². The molecule has 0 unspecified atom stereocenters. The van der Waals surface area contributed by atoms with E-state index < -0.39 is 50.9 Å². The third-order valence-corrected chi connectivity index (χ3v) is 22.0. The van der Waals surface area contributed by atoms with Crippen LogP contribution in [0.2, 0.25) is 90.7 Å². The van der Waals surface area contributed by atoms with Crippen molar-refractivity contribution in [2.45, 2.75) is 104 Å². The first-order valence-electron chi connectivity index (χ1n) is 10.2. The van der Waals surface area contributed by atoms with Gasteiger partial charge in [-0.25, -0.2) is 0 Å². The maximum atomic E-state index is 6.96. The van der Waals surface area contributed by atoms with Crippen LogP contribution in [0.5, 0.6) is 0 Å². The van der Waals surface area contributed by atoms with E-state index in [9.17, 15) is 0 Å². The molecule has 0 amide bonds. The van der Waals surface area contributed by atoms with Gasteiger partial charge < -0.3 is 20.6 Å². The molecular formula is C16H46O5Si6. The van der Waals surface area contributed by atoms with Crippen LogP contribution in [0.3, 0.4) is 0 Å². The third kappa shape index (κ3) is 12.4. The molecular weight excluding hydrogens is 441 g/mol. The molecule has 0 fully saturated rings. The van der Waals surface area contributed by atoms with Crippen molar-refractivity contribution in [1.29, 1.82) is 0 Å². The van der Waals surface area contributed by atoms with Crippen LogP contribution in [0.4, 0.5) is 0 Å². The zero-order valence-corrected chi connectivity index (χ0v) is 26.5. The van der Waals surface area contributed by atoms with Gasteiger partial charge in [0.1, 0.15) is 0 Å². The lowest BCUT2D eigenvalue weighted by atomic mass is 11.0. The summed E-state index contributed by atoms with van der Waals surface area (Å²) in [5, 5.41) is 0. The smallest absolute Gasteiger partial charge is 0.417 e. The maximum absolute atomic E-state index is 6.96. The van der Waals surface area contributed by atoms with Gasteiger partial charge in [-0.3, -0.25) is 0 Å². The SMILES string of the molecule is CC[Si](O[Si](C)(C)C)(O[Si](C)(C)C)O[Si](CC)(O[Si](C)(C)C)O[Si](C)(C)C. The van der Waals surface area contributed by atoms with Crippen LogP contribution in [0.25, 0.3) is 0 Å². The van der Waals surface area contributed by atoms with E-state index in [0.717, 1.165) is 12.1 Å². The Labute approximate surface area is 175 Å². The summed E-state index contributed by atoms with van der Waals surface area (Å²) in [5.41, 5.74) is 0. The highest BCUT2D eigenvalue weighted by molar-refractivity contribution is 6.92. The van der Waals surface area contributed by atoms with E-state index in [2.05, 4.69) is 92.4 Å². The lowest BCUT2D eigenvalue weighted by molar-refractivity contribution is 0.175. The molecule has 0 bridgehead atoms. The van der Waals surface area contributed by atoms with Crippen LogP contribution in [-0.4, -0.2) is 50.9 Å². The fraction of sp³-hybridized carbons (Fsp3) is 1.00. The van der Waals surface area contributed by atoms with Crippen LogP contribution in [0.15, 0.2) is 0 Å². The molecule has 0 saturated heterocycles. The minimum Gasteiger partial charge on any atom is -0.417 e. The van der Waals surface area contributed by atoms with Crippen LogP contribution >= 0.6 is 0 Å². The molecule has 0 heterocycles. The van der Waals surface area contributed by atoms with Gasteiger partial charge in [-0.1, -0.05) is 13.8 Å². The summed E-state index contributed by atoms with van der Waals surface area (Å²) in [5.74, 6) is 0. The van der Waals surface area contributed by atoms with Gasteiger partial charge in [0.25, 0.3) is 0 Å². The summed E-state index contributed by atoms with van der Waals surface area (Å²) < 4.78 is 33.8. The molecule has 0 aliphatic heterocycles. The molecule has 0 rings (SSSR count). The number of hydrogen-bond donors (Lipinski definition) is 0. The largest absolute Gasteiger partial charge is 0.472 e. The molecule has 0 aliphatic carbocycles. The van der Waals surface area contributed by atoms with Crippen molar-refractivity contribution in [3.05, 3.63) is 0 Å². The Hall–Kier alpha value is 1.10. The van der Waals surface area contributed by atoms with Gasteiger partial charge in [-0.2, -0.15) is 0 Å². The maximum Gasteiger partial charge on any atom is 0.472 e. The Kier molecular flexibility index (Phi) is 9.88. The van der Waals surface area contributed by atoms with Crippen LogP contribution in [0, 0.1) is 0 Å². The molecule has 0 aromatic carbocycles. The van der Waals surface area contributed by atoms with Crippen molar-refractivity contribution >= 4 is 50.9 Å². The minimum absolute atomic E-state index is 0.750. The molecule has 0 aromatic rings. The lowest BCUT2D eigenvalue weighted by Gasteiger charge is -2.46. The predicted molar refractivity (Wildman–Crippen MR) is 131 cm³/mol. The average Bonchev–Trinajstić information content (AvgIpc) is 2.29. The van der Waals surface area contributed by atoms with Crippen molar-refractivity contribution in [2.75, 3.05) is 0 Å². The molecule has 0 radical (unpaired) electrons. The van der Waals surface area contributed by atoms with Gasteiger partial charge >= 0.3 is 17.6 Å². The summed E-state index contributed by atoms with van der Waals surface area (Å²) in [7, 11) is -13.3. The second-order valence-electron chi connectivity index (χ2n) is 11.0. The van der Waals surface area contributed by atoms with Gasteiger partial charge in [0, 0.05) is 12.1 Å². The Morgan fingerprint density at radius 3 is 0.667 bits per heavy atom. The zero-order valence-electron chi connectivity index (χ0n) is 20.5. The van der Waals surface area contributed by atoms with Gasteiger partial charge in [0.15, 0.2) is 33.3 Å². The van der Waals surface area contributed by atoms with E-state index in [1.165, 1.54) is 0 Å². The lowest BCUT2D eigenvalue weighted by Crippen LogP contribution is -2.66. The van der Waals surface area contributed by atoms with Crippen molar-refractivity contribution in [1.82, 2.24) is 0 Å². The highest BCUT2D eigenvalue weighted by Crippen LogP contribution is 2.33. The second kappa shape index (κ2) is 9.49. The van der Waals surface area contributed by atoms with E-state index >= 15 is 0 Å². The predicted octanol–water partition coefficient (Wildman–Crippen LogP) is 6.33. The van der Waals surface area contributed by atoms with Crippen LogP contribution in [-0.2, 0) is 20.6 Å². The fourth-order valence-corrected chi connectivity index (χ4v) is 26.2. The summed E-state index contributed by atoms with van der Waals surface area (Å²) in [6.07, 6.45) is 0. The Bertz CT molecular complexity index is 388. The molecule has 0 atom stereocenters. The first-order valence-corrected chi connectivity index (χ1v) is 27.7. The summed E-state index contributed by atoms with van der Waals surface area (Å²) in [6, 6.07) is 1.50. The Morgan fingerprint density at radius 1 is 0.370 bits per heavy atom.